The second-order valence-corrected chi connectivity index (χ2v) is 5.36. The van der Waals surface area contributed by atoms with Gasteiger partial charge in [0.2, 0.25) is 10.0 Å². The standard InChI is InChI=1S/C10H10F2N4O2S/c1-2-4-16(5-3-13)19(17,18)9-6-14-15(7-9)8-10(11)12/h1,6-7,10H,4-5,8H2. The van der Waals surface area contributed by atoms with Gasteiger partial charge in [-0.15, -0.1) is 6.42 Å². The molecule has 102 valence electrons. The van der Waals surface area contributed by atoms with Crippen molar-refractivity contribution in [3.05, 3.63) is 12.4 Å². The van der Waals surface area contributed by atoms with Crippen LogP contribution in [-0.2, 0) is 16.6 Å². The molecule has 0 spiro atoms. The maximum Gasteiger partial charge on any atom is 0.257 e. The SMILES string of the molecule is C#CCN(CC#N)S(=O)(=O)c1cnn(CC(F)F)c1. The van der Waals surface area contributed by atoms with E-state index in [4.69, 9.17) is 11.7 Å². The molecule has 0 aliphatic carbocycles. The number of nitrogens with zero attached hydrogens (tertiary/aromatic N) is 4. The highest BCUT2D eigenvalue weighted by atomic mass is 32.2. The van der Waals surface area contributed by atoms with Gasteiger partial charge in [0.25, 0.3) is 6.43 Å². The lowest BCUT2D eigenvalue weighted by Gasteiger charge is -2.14. The maximum atomic E-state index is 12.1. The van der Waals surface area contributed by atoms with Gasteiger partial charge in [0, 0.05) is 6.20 Å². The van der Waals surface area contributed by atoms with Crippen molar-refractivity contribution in [3.8, 4) is 18.4 Å². The third-order valence-electron chi connectivity index (χ3n) is 2.09. The molecule has 0 fully saturated rings. The summed E-state index contributed by atoms with van der Waals surface area (Å²) >= 11 is 0. The summed E-state index contributed by atoms with van der Waals surface area (Å²) in [5.74, 6) is 2.12. The number of nitriles is 1. The summed E-state index contributed by atoms with van der Waals surface area (Å²) in [6, 6.07) is 1.67. The fraction of sp³-hybridized carbons (Fsp3) is 0.400. The van der Waals surface area contributed by atoms with Crippen LogP contribution in [0, 0.1) is 23.7 Å². The molecule has 0 N–H and O–H groups in total. The third kappa shape index (κ3) is 3.74. The fourth-order valence-electron chi connectivity index (χ4n) is 1.27. The molecule has 9 heteroatoms. The van der Waals surface area contributed by atoms with E-state index in [0.29, 0.717) is 0 Å². The van der Waals surface area contributed by atoms with Gasteiger partial charge < -0.3 is 0 Å². The minimum atomic E-state index is -4.00. The van der Waals surface area contributed by atoms with Crippen molar-refractivity contribution in [3.63, 3.8) is 0 Å². The van der Waals surface area contributed by atoms with Crippen molar-refractivity contribution in [2.45, 2.75) is 17.9 Å². The van der Waals surface area contributed by atoms with Crippen LogP contribution < -0.4 is 0 Å². The molecule has 1 rings (SSSR count). The molecule has 0 bridgehead atoms. The lowest BCUT2D eigenvalue weighted by molar-refractivity contribution is 0.121. The van der Waals surface area contributed by atoms with E-state index in [1.54, 1.807) is 6.07 Å². The Hall–Kier alpha value is -1.97. The maximum absolute atomic E-state index is 12.1. The van der Waals surface area contributed by atoms with E-state index in [1.165, 1.54) is 0 Å². The molecule has 0 aliphatic rings. The first kappa shape index (κ1) is 15.1. The molecule has 0 aliphatic heterocycles. The molecule has 0 amide bonds. The van der Waals surface area contributed by atoms with Crippen molar-refractivity contribution in [2.24, 2.45) is 0 Å². The number of sulfonamides is 1. The minimum absolute atomic E-state index is 0.279. The minimum Gasteiger partial charge on any atom is -0.266 e. The summed E-state index contributed by atoms with van der Waals surface area (Å²) in [6.07, 6.45) is 4.30. The number of hydrogen-bond acceptors (Lipinski definition) is 4. The van der Waals surface area contributed by atoms with Crippen molar-refractivity contribution < 1.29 is 17.2 Å². The first-order chi connectivity index (χ1) is 8.91. The first-order valence-corrected chi connectivity index (χ1v) is 6.47. The van der Waals surface area contributed by atoms with E-state index in [-0.39, 0.29) is 11.4 Å². The molecule has 19 heavy (non-hydrogen) atoms. The molecule has 0 unspecified atom stereocenters. The Balaban J connectivity index is 3.02. The van der Waals surface area contributed by atoms with E-state index in [1.807, 2.05) is 0 Å². The van der Waals surface area contributed by atoms with Crippen LogP contribution in [0.3, 0.4) is 0 Å². The Labute approximate surface area is 109 Å². The molecule has 6 nitrogen and oxygen atoms in total. The van der Waals surface area contributed by atoms with E-state index in [0.717, 1.165) is 21.4 Å². The molecule has 0 saturated heterocycles. The Morgan fingerprint density at radius 3 is 2.74 bits per heavy atom. The van der Waals surface area contributed by atoms with Gasteiger partial charge in [-0.3, -0.25) is 4.68 Å². The Bertz CT molecular complexity index is 596. The smallest absolute Gasteiger partial charge is 0.257 e. The third-order valence-corrected chi connectivity index (χ3v) is 3.83. The number of terminal acetylenes is 1. The normalized spacial score (nSPS) is 11.5. The van der Waals surface area contributed by atoms with Crippen molar-refractivity contribution in [1.82, 2.24) is 14.1 Å². The largest absolute Gasteiger partial charge is 0.266 e. The Morgan fingerprint density at radius 2 is 2.21 bits per heavy atom. The summed E-state index contributed by atoms with van der Waals surface area (Å²) in [5.41, 5.74) is 0. The molecule has 1 heterocycles. The zero-order valence-electron chi connectivity index (χ0n) is 9.70. The summed E-state index contributed by atoms with van der Waals surface area (Å²) < 4.78 is 49.9. The first-order valence-electron chi connectivity index (χ1n) is 5.03. The molecule has 0 saturated carbocycles. The zero-order chi connectivity index (χ0) is 14.5. The lowest BCUT2D eigenvalue weighted by atomic mass is 10.6. The van der Waals surface area contributed by atoms with Crippen LogP contribution in [0.5, 0.6) is 0 Å². The van der Waals surface area contributed by atoms with E-state index < -0.39 is 29.5 Å². The number of halogens is 2. The number of rotatable bonds is 6. The van der Waals surface area contributed by atoms with Crippen LogP contribution in [0.1, 0.15) is 0 Å². The van der Waals surface area contributed by atoms with E-state index in [2.05, 4.69) is 11.0 Å². The molecule has 0 atom stereocenters. The highest BCUT2D eigenvalue weighted by Crippen LogP contribution is 2.14. The summed E-state index contributed by atoms with van der Waals surface area (Å²) in [7, 11) is -4.00. The van der Waals surface area contributed by atoms with Crippen molar-refractivity contribution in [1.29, 1.82) is 5.26 Å². The number of aromatic nitrogens is 2. The highest BCUT2D eigenvalue weighted by Gasteiger charge is 2.25. The molecule has 1 aromatic rings. The second kappa shape index (κ2) is 6.27. The predicted molar refractivity (Wildman–Crippen MR) is 61.4 cm³/mol. The van der Waals surface area contributed by atoms with Gasteiger partial charge >= 0.3 is 0 Å². The molecule has 1 aromatic heterocycles. The topological polar surface area (TPSA) is 79.0 Å². The van der Waals surface area contributed by atoms with E-state index in [9.17, 15) is 17.2 Å². The summed E-state index contributed by atoms with van der Waals surface area (Å²) in [6.45, 7) is -1.41. The van der Waals surface area contributed by atoms with Crippen LogP contribution in [0.15, 0.2) is 17.3 Å². The van der Waals surface area contributed by atoms with Crippen LogP contribution in [0.2, 0.25) is 0 Å². The number of alkyl halides is 2. The van der Waals surface area contributed by atoms with Gasteiger partial charge in [-0.1, -0.05) is 5.92 Å². The van der Waals surface area contributed by atoms with Gasteiger partial charge in [-0.05, 0) is 0 Å². The predicted octanol–water partition coefficient (Wildman–Crippen LogP) is 0.296. The van der Waals surface area contributed by atoms with Gasteiger partial charge in [0.05, 0.1) is 18.8 Å². The van der Waals surface area contributed by atoms with Crippen LogP contribution in [0.4, 0.5) is 8.78 Å². The van der Waals surface area contributed by atoms with Crippen LogP contribution in [-0.4, -0.2) is 42.0 Å². The van der Waals surface area contributed by atoms with Crippen LogP contribution in [0.25, 0.3) is 0 Å². The van der Waals surface area contributed by atoms with Gasteiger partial charge in [-0.2, -0.15) is 14.7 Å². The lowest BCUT2D eigenvalue weighted by Crippen LogP contribution is -2.31. The van der Waals surface area contributed by atoms with Gasteiger partial charge in [-0.25, -0.2) is 17.2 Å². The Morgan fingerprint density at radius 1 is 1.53 bits per heavy atom. The van der Waals surface area contributed by atoms with Crippen molar-refractivity contribution >= 4 is 10.0 Å². The fourth-order valence-corrected chi connectivity index (χ4v) is 2.48. The average Bonchev–Trinajstić information content (AvgIpc) is 2.77. The summed E-state index contributed by atoms with van der Waals surface area (Å²) in [5, 5.41) is 12.1. The Kier molecular flexibility index (Phi) is 4.98. The monoisotopic (exact) mass is 288 g/mol. The molecular formula is C10H10F2N4O2S. The van der Waals surface area contributed by atoms with E-state index >= 15 is 0 Å². The molecule has 0 radical (unpaired) electrons. The number of hydrogen-bond donors (Lipinski definition) is 0. The van der Waals surface area contributed by atoms with Crippen LogP contribution >= 0.6 is 0 Å². The van der Waals surface area contributed by atoms with Gasteiger partial charge in [0.1, 0.15) is 18.0 Å². The summed E-state index contributed by atoms with van der Waals surface area (Å²) in [4.78, 5) is -0.279. The highest BCUT2D eigenvalue weighted by molar-refractivity contribution is 7.89. The zero-order valence-corrected chi connectivity index (χ0v) is 10.5. The van der Waals surface area contributed by atoms with Gasteiger partial charge in [0.15, 0.2) is 0 Å². The second-order valence-electron chi connectivity index (χ2n) is 3.42. The molecule has 0 aromatic carbocycles. The average molecular weight is 288 g/mol. The molecular weight excluding hydrogens is 278 g/mol. The quantitative estimate of drug-likeness (QED) is 0.557. The van der Waals surface area contributed by atoms with Crippen molar-refractivity contribution in [2.75, 3.05) is 13.1 Å².